The maximum absolute atomic E-state index is 13.0. The summed E-state index contributed by atoms with van der Waals surface area (Å²) in [5, 5.41) is 7.57. The molecular formula is C24H25ClN4O3. The number of nitrogens with one attached hydrogen (secondary N) is 1. The van der Waals surface area contributed by atoms with Crippen LogP contribution >= 0.6 is 11.6 Å². The summed E-state index contributed by atoms with van der Waals surface area (Å²) in [4.78, 5) is 27.8. The van der Waals surface area contributed by atoms with Crippen LogP contribution in [-0.2, 0) is 13.7 Å². The Morgan fingerprint density at radius 2 is 1.88 bits per heavy atom. The topological polar surface area (TPSA) is 76.5 Å². The van der Waals surface area contributed by atoms with Gasteiger partial charge >= 0.3 is 0 Å². The number of piperidine rings is 1. The van der Waals surface area contributed by atoms with Crippen LogP contribution in [0.2, 0.25) is 5.02 Å². The Bertz CT molecular complexity index is 1120. The van der Waals surface area contributed by atoms with Crippen LogP contribution in [0.1, 0.15) is 45.7 Å². The van der Waals surface area contributed by atoms with Gasteiger partial charge in [0.25, 0.3) is 11.8 Å². The summed E-state index contributed by atoms with van der Waals surface area (Å²) in [7, 11) is 1.71. The highest BCUT2D eigenvalue weighted by atomic mass is 35.5. The summed E-state index contributed by atoms with van der Waals surface area (Å²) in [6.07, 6.45) is 4.64. The third-order valence-electron chi connectivity index (χ3n) is 5.45. The van der Waals surface area contributed by atoms with Gasteiger partial charge in [0.2, 0.25) is 0 Å². The zero-order chi connectivity index (χ0) is 22.5. The Morgan fingerprint density at radius 3 is 2.66 bits per heavy atom. The molecule has 0 atom stereocenters. The Kier molecular flexibility index (Phi) is 6.75. The molecule has 2 heterocycles. The molecule has 0 bridgehead atoms. The lowest BCUT2D eigenvalue weighted by Crippen LogP contribution is -2.37. The molecule has 3 aromatic rings. The summed E-state index contributed by atoms with van der Waals surface area (Å²) in [5.74, 6) is 0.160. The van der Waals surface area contributed by atoms with E-state index in [0.29, 0.717) is 27.7 Å². The van der Waals surface area contributed by atoms with Gasteiger partial charge in [0.05, 0.1) is 16.9 Å². The number of aryl methyl sites for hydroxylation is 1. The minimum Gasteiger partial charge on any atom is -0.487 e. The second kappa shape index (κ2) is 9.87. The van der Waals surface area contributed by atoms with Gasteiger partial charge in [-0.05, 0) is 49.1 Å². The summed E-state index contributed by atoms with van der Waals surface area (Å²) in [6, 6.07) is 14.4. The Labute approximate surface area is 191 Å². The van der Waals surface area contributed by atoms with Crippen LogP contribution in [0.25, 0.3) is 0 Å². The highest BCUT2D eigenvalue weighted by molar-refractivity contribution is 6.32. The number of carbonyl (C=O) groups excluding carboxylic acids is 2. The molecule has 1 saturated heterocycles. The summed E-state index contributed by atoms with van der Waals surface area (Å²) in [5.41, 5.74) is 2.09. The van der Waals surface area contributed by atoms with E-state index in [2.05, 4.69) is 10.4 Å². The smallest absolute Gasteiger partial charge is 0.274 e. The average Bonchev–Trinajstić information content (AvgIpc) is 3.18. The zero-order valence-corrected chi connectivity index (χ0v) is 18.6. The highest BCUT2D eigenvalue weighted by Crippen LogP contribution is 2.24. The molecule has 0 unspecified atom stereocenters. The van der Waals surface area contributed by atoms with Crippen molar-refractivity contribution in [2.75, 3.05) is 18.4 Å². The van der Waals surface area contributed by atoms with Crippen molar-refractivity contribution in [3.63, 3.8) is 0 Å². The van der Waals surface area contributed by atoms with Crippen LogP contribution in [0.15, 0.2) is 54.7 Å². The van der Waals surface area contributed by atoms with Gasteiger partial charge < -0.3 is 15.0 Å². The first-order valence-electron chi connectivity index (χ1n) is 10.6. The molecule has 32 heavy (non-hydrogen) atoms. The van der Waals surface area contributed by atoms with Crippen LogP contribution in [0.5, 0.6) is 5.75 Å². The Balaban J connectivity index is 1.46. The van der Waals surface area contributed by atoms with E-state index in [0.717, 1.165) is 37.9 Å². The number of halogens is 1. The monoisotopic (exact) mass is 452 g/mol. The van der Waals surface area contributed by atoms with E-state index in [9.17, 15) is 9.59 Å². The summed E-state index contributed by atoms with van der Waals surface area (Å²) < 4.78 is 7.28. The normalized spacial score (nSPS) is 13.6. The molecule has 1 fully saturated rings. The second-order valence-corrected chi connectivity index (χ2v) is 8.16. The average molecular weight is 453 g/mol. The number of rotatable bonds is 6. The van der Waals surface area contributed by atoms with E-state index >= 15 is 0 Å². The van der Waals surface area contributed by atoms with Gasteiger partial charge in [-0.25, -0.2) is 0 Å². The molecule has 0 saturated carbocycles. The number of hydrogen-bond donors (Lipinski definition) is 1. The van der Waals surface area contributed by atoms with Crippen molar-refractivity contribution in [2.24, 2.45) is 7.05 Å². The molecule has 166 valence electrons. The molecule has 1 N–H and O–H groups in total. The molecule has 8 heteroatoms. The van der Waals surface area contributed by atoms with Crippen molar-refractivity contribution in [2.45, 2.75) is 25.9 Å². The lowest BCUT2D eigenvalue weighted by atomic mass is 10.1. The molecule has 7 nitrogen and oxygen atoms in total. The number of hydrogen-bond acceptors (Lipinski definition) is 4. The fourth-order valence-electron chi connectivity index (χ4n) is 3.75. The fraction of sp³-hybridized carbons (Fsp3) is 0.292. The number of nitrogens with zero attached hydrogens (tertiary/aromatic N) is 3. The minimum atomic E-state index is -0.315. The number of likely N-dealkylation sites (tertiary alicyclic amines) is 1. The number of anilines is 1. The largest absolute Gasteiger partial charge is 0.487 e. The van der Waals surface area contributed by atoms with Crippen molar-refractivity contribution in [1.29, 1.82) is 0 Å². The molecule has 0 radical (unpaired) electrons. The van der Waals surface area contributed by atoms with Crippen molar-refractivity contribution < 1.29 is 14.3 Å². The molecule has 0 spiro atoms. The second-order valence-electron chi connectivity index (χ2n) is 7.76. The van der Waals surface area contributed by atoms with Crippen LogP contribution in [0.4, 0.5) is 5.69 Å². The number of amides is 2. The van der Waals surface area contributed by atoms with Gasteiger partial charge in [-0.2, -0.15) is 5.10 Å². The van der Waals surface area contributed by atoms with E-state index in [4.69, 9.17) is 16.3 Å². The summed E-state index contributed by atoms with van der Waals surface area (Å²) in [6.45, 7) is 1.73. The van der Waals surface area contributed by atoms with Gasteiger partial charge in [-0.3, -0.25) is 14.3 Å². The van der Waals surface area contributed by atoms with E-state index in [1.165, 1.54) is 10.9 Å². The lowest BCUT2D eigenvalue weighted by Gasteiger charge is -2.27. The molecule has 2 amide bonds. The third-order valence-corrected chi connectivity index (χ3v) is 5.77. The van der Waals surface area contributed by atoms with Gasteiger partial charge in [0.15, 0.2) is 0 Å². The van der Waals surface area contributed by atoms with Crippen molar-refractivity contribution in [1.82, 2.24) is 14.7 Å². The first-order chi connectivity index (χ1) is 15.5. The summed E-state index contributed by atoms with van der Waals surface area (Å²) >= 11 is 6.13. The van der Waals surface area contributed by atoms with Crippen LogP contribution < -0.4 is 10.1 Å². The van der Waals surface area contributed by atoms with Gasteiger partial charge in [0, 0.05) is 25.7 Å². The van der Waals surface area contributed by atoms with Gasteiger partial charge in [-0.1, -0.05) is 35.9 Å². The molecule has 0 aliphatic carbocycles. The molecule has 2 aromatic carbocycles. The quantitative estimate of drug-likeness (QED) is 0.596. The van der Waals surface area contributed by atoms with Crippen molar-refractivity contribution in [3.05, 3.63) is 76.6 Å². The standard InChI is InChI=1S/C24H25ClN4O3/c1-28-22(24(31)29-12-5-2-6-13-29)20(15-26-28)27-23(30)18-9-7-8-17(14-18)16-32-21-11-4-3-10-19(21)25/h3-4,7-11,14-15H,2,5-6,12-13,16H2,1H3,(H,27,30). The molecule has 1 aliphatic heterocycles. The fourth-order valence-corrected chi connectivity index (χ4v) is 3.94. The van der Waals surface area contributed by atoms with Crippen LogP contribution in [-0.4, -0.2) is 39.6 Å². The molecular weight excluding hydrogens is 428 g/mol. The Morgan fingerprint density at radius 1 is 1.09 bits per heavy atom. The third kappa shape index (κ3) is 4.94. The van der Waals surface area contributed by atoms with Gasteiger partial charge in [0.1, 0.15) is 18.1 Å². The van der Waals surface area contributed by atoms with Crippen LogP contribution in [0.3, 0.4) is 0 Å². The minimum absolute atomic E-state index is 0.109. The maximum atomic E-state index is 13.0. The van der Waals surface area contributed by atoms with E-state index in [1.807, 2.05) is 23.1 Å². The highest BCUT2D eigenvalue weighted by Gasteiger charge is 2.25. The van der Waals surface area contributed by atoms with Crippen LogP contribution in [0, 0.1) is 0 Å². The number of ether oxygens (including phenoxy) is 1. The van der Waals surface area contributed by atoms with Crippen molar-refractivity contribution in [3.8, 4) is 5.75 Å². The first-order valence-corrected chi connectivity index (χ1v) is 11.0. The predicted molar refractivity (Wildman–Crippen MR) is 123 cm³/mol. The van der Waals surface area contributed by atoms with E-state index < -0.39 is 0 Å². The first kappa shape index (κ1) is 21.9. The number of aromatic nitrogens is 2. The number of benzene rings is 2. The van der Waals surface area contributed by atoms with Crippen molar-refractivity contribution >= 4 is 29.1 Å². The molecule has 1 aromatic heterocycles. The Hall–Kier alpha value is -3.32. The molecule has 1 aliphatic rings. The zero-order valence-electron chi connectivity index (χ0n) is 17.9. The maximum Gasteiger partial charge on any atom is 0.274 e. The predicted octanol–water partition coefficient (Wildman–Crippen LogP) is 4.53. The van der Waals surface area contributed by atoms with E-state index in [1.54, 1.807) is 37.4 Å². The molecule has 4 rings (SSSR count). The SMILES string of the molecule is Cn1ncc(NC(=O)c2cccc(COc3ccccc3Cl)c2)c1C(=O)N1CCCCC1. The van der Waals surface area contributed by atoms with Gasteiger partial charge in [-0.15, -0.1) is 0 Å². The number of carbonyl (C=O) groups is 2. The number of para-hydroxylation sites is 1. The van der Waals surface area contributed by atoms with E-state index in [-0.39, 0.29) is 18.4 Å². The lowest BCUT2D eigenvalue weighted by molar-refractivity contribution is 0.0714.